The van der Waals surface area contributed by atoms with E-state index in [2.05, 4.69) is 11.2 Å². The summed E-state index contributed by atoms with van der Waals surface area (Å²) in [6.45, 7) is 3.78. The van der Waals surface area contributed by atoms with Crippen LogP contribution in [0.1, 0.15) is 26.7 Å². The highest BCUT2D eigenvalue weighted by molar-refractivity contribution is 5.94. The van der Waals surface area contributed by atoms with Crippen LogP contribution < -0.4 is 5.32 Å². The summed E-state index contributed by atoms with van der Waals surface area (Å²) in [5.74, 6) is 2.38. The van der Waals surface area contributed by atoms with Crippen LogP contribution in [0.25, 0.3) is 0 Å². The maximum absolute atomic E-state index is 11.8. The zero-order chi connectivity index (χ0) is 11.4. The molecule has 0 saturated carbocycles. The van der Waals surface area contributed by atoms with Gasteiger partial charge in [-0.1, -0.05) is 6.92 Å². The fourth-order valence-corrected chi connectivity index (χ4v) is 1.75. The molecule has 1 saturated heterocycles. The molecule has 0 radical (unpaired) electrons. The van der Waals surface area contributed by atoms with Crippen molar-refractivity contribution in [1.29, 1.82) is 0 Å². The highest BCUT2D eigenvalue weighted by Crippen LogP contribution is 2.12. The predicted octanol–water partition coefficient (Wildman–Crippen LogP) is 0.135. The molecule has 2 atom stereocenters. The molecule has 2 amide bonds. The van der Waals surface area contributed by atoms with E-state index in [0.29, 0.717) is 6.42 Å². The topological polar surface area (TPSA) is 49.4 Å². The summed E-state index contributed by atoms with van der Waals surface area (Å²) in [4.78, 5) is 24.7. The number of carbonyl (C=O) groups is 2. The largest absolute Gasteiger partial charge is 0.343 e. The SMILES string of the molecule is C#CCC(CC)N1CC(=O)NC(C)C1=O. The quantitative estimate of drug-likeness (QED) is 0.670. The Morgan fingerprint density at radius 1 is 1.67 bits per heavy atom. The van der Waals surface area contributed by atoms with E-state index in [4.69, 9.17) is 6.42 Å². The molecule has 0 aromatic rings. The second-order valence-electron chi connectivity index (χ2n) is 3.73. The molecule has 15 heavy (non-hydrogen) atoms. The van der Waals surface area contributed by atoms with Crippen molar-refractivity contribution in [3.05, 3.63) is 0 Å². The fourth-order valence-electron chi connectivity index (χ4n) is 1.75. The van der Waals surface area contributed by atoms with Crippen LogP contribution in [0.2, 0.25) is 0 Å². The molecule has 1 rings (SSSR count). The van der Waals surface area contributed by atoms with E-state index >= 15 is 0 Å². The zero-order valence-corrected chi connectivity index (χ0v) is 9.12. The van der Waals surface area contributed by atoms with Gasteiger partial charge in [0, 0.05) is 12.5 Å². The number of rotatable bonds is 3. The monoisotopic (exact) mass is 208 g/mol. The second kappa shape index (κ2) is 4.83. The van der Waals surface area contributed by atoms with Crippen LogP contribution in [0.4, 0.5) is 0 Å². The molecule has 4 heteroatoms. The summed E-state index contributed by atoms with van der Waals surface area (Å²) in [6.07, 6.45) is 6.51. The van der Waals surface area contributed by atoms with Crippen molar-refractivity contribution in [2.24, 2.45) is 0 Å². The first-order valence-corrected chi connectivity index (χ1v) is 5.13. The summed E-state index contributed by atoms with van der Waals surface area (Å²) in [6, 6.07) is -0.450. The normalized spacial score (nSPS) is 23.3. The van der Waals surface area contributed by atoms with Crippen LogP contribution in [-0.2, 0) is 9.59 Å². The molecule has 4 nitrogen and oxygen atoms in total. The van der Waals surface area contributed by atoms with Crippen LogP contribution >= 0.6 is 0 Å². The van der Waals surface area contributed by atoms with Gasteiger partial charge in [0.05, 0.1) is 6.54 Å². The maximum atomic E-state index is 11.8. The van der Waals surface area contributed by atoms with Crippen LogP contribution in [0.3, 0.4) is 0 Å². The van der Waals surface area contributed by atoms with Crippen molar-refractivity contribution in [1.82, 2.24) is 10.2 Å². The number of terminal acetylenes is 1. The molecule has 1 aliphatic heterocycles. The van der Waals surface area contributed by atoms with Crippen molar-refractivity contribution in [2.75, 3.05) is 6.54 Å². The minimum Gasteiger partial charge on any atom is -0.343 e. The lowest BCUT2D eigenvalue weighted by molar-refractivity contribution is -0.146. The number of amides is 2. The van der Waals surface area contributed by atoms with Gasteiger partial charge in [0.1, 0.15) is 6.04 Å². The van der Waals surface area contributed by atoms with Gasteiger partial charge in [-0.3, -0.25) is 9.59 Å². The van der Waals surface area contributed by atoms with E-state index in [1.807, 2.05) is 6.92 Å². The first kappa shape index (κ1) is 11.6. The Morgan fingerprint density at radius 2 is 2.33 bits per heavy atom. The molecule has 0 aliphatic carbocycles. The smallest absolute Gasteiger partial charge is 0.245 e. The Kier molecular flexibility index (Phi) is 3.73. The van der Waals surface area contributed by atoms with E-state index in [1.54, 1.807) is 11.8 Å². The molecular formula is C11H16N2O2. The van der Waals surface area contributed by atoms with E-state index in [-0.39, 0.29) is 24.4 Å². The number of hydrogen-bond acceptors (Lipinski definition) is 2. The van der Waals surface area contributed by atoms with Gasteiger partial charge in [-0.05, 0) is 13.3 Å². The molecule has 82 valence electrons. The van der Waals surface area contributed by atoms with Gasteiger partial charge in [-0.25, -0.2) is 0 Å². The molecular weight excluding hydrogens is 192 g/mol. The van der Waals surface area contributed by atoms with Gasteiger partial charge in [0.25, 0.3) is 0 Å². The first-order chi connectivity index (χ1) is 7.10. The number of piperazine rings is 1. The Bertz CT molecular complexity index is 306. The third-order valence-electron chi connectivity index (χ3n) is 2.61. The fraction of sp³-hybridized carbons (Fsp3) is 0.636. The Balaban J connectivity index is 2.77. The molecule has 1 heterocycles. The first-order valence-electron chi connectivity index (χ1n) is 5.13. The summed E-state index contributed by atoms with van der Waals surface area (Å²) in [5, 5.41) is 2.60. The van der Waals surface area contributed by atoms with Crippen LogP contribution in [0.15, 0.2) is 0 Å². The van der Waals surface area contributed by atoms with E-state index in [1.165, 1.54) is 0 Å². The maximum Gasteiger partial charge on any atom is 0.245 e. The Labute approximate surface area is 90.0 Å². The van der Waals surface area contributed by atoms with Crippen molar-refractivity contribution in [3.63, 3.8) is 0 Å². The molecule has 1 aliphatic rings. The predicted molar refractivity (Wildman–Crippen MR) is 56.8 cm³/mol. The average Bonchev–Trinajstić information content (AvgIpc) is 2.20. The van der Waals surface area contributed by atoms with Crippen LogP contribution in [-0.4, -0.2) is 35.3 Å². The number of hydrogen-bond donors (Lipinski definition) is 1. The lowest BCUT2D eigenvalue weighted by Gasteiger charge is -2.35. The summed E-state index contributed by atoms with van der Waals surface area (Å²) < 4.78 is 0. The van der Waals surface area contributed by atoms with Gasteiger partial charge in [0.15, 0.2) is 0 Å². The average molecular weight is 208 g/mol. The lowest BCUT2D eigenvalue weighted by atomic mass is 10.1. The third kappa shape index (κ3) is 2.50. The van der Waals surface area contributed by atoms with Gasteiger partial charge in [-0.2, -0.15) is 0 Å². The van der Waals surface area contributed by atoms with Gasteiger partial charge < -0.3 is 10.2 Å². The Morgan fingerprint density at radius 3 is 2.87 bits per heavy atom. The number of nitrogens with zero attached hydrogens (tertiary/aromatic N) is 1. The highest BCUT2D eigenvalue weighted by atomic mass is 16.2. The number of carbonyl (C=O) groups excluding carboxylic acids is 2. The van der Waals surface area contributed by atoms with Gasteiger partial charge >= 0.3 is 0 Å². The van der Waals surface area contributed by atoms with Crippen molar-refractivity contribution in [2.45, 2.75) is 38.8 Å². The van der Waals surface area contributed by atoms with E-state index in [0.717, 1.165) is 6.42 Å². The molecule has 1 fully saturated rings. The molecule has 0 aromatic carbocycles. The van der Waals surface area contributed by atoms with Gasteiger partial charge in [0.2, 0.25) is 11.8 Å². The van der Waals surface area contributed by atoms with E-state index < -0.39 is 6.04 Å². The Hall–Kier alpha value is -1.50. The molecule has 2 unspecified atom stereocenters. The van der Waals surface area contributed by atoms with E-state index in [9.17, 15) is 9.59 Å². The highest BCUT2D eigenvalue weighted by Gasteiger charge is 2.32. The summed E-state index contributed by atoms with van der Waals surface area (Å²) in [7, 11) is 0. The molecule has 0 aromatic heterocycles. The van der Waals surface area contributed by atoms with Crippen molar-refractivity contribution >= 4 is 11.8 Å². The molecule has 1 N–H and O–H groups in total. The third-order valence-corrected chi connectivity index (χ3v) is 2.61. The van der Waals surface area contributed by atoms with Crippen molar-refractivity contribution < 1.29 is 9.59 Å². The molecule has 0 bridgehead atoms. The van der Waals surface area contributed by atoms with Gasteiger partial charge in [-0.15, -0.1) is 12.3 Å². The summed E-state index contributed by atoms with van der Waals surface area (Å²) in [5.41, 5.74) is 0. The second-order valence-corrected chi connectivity index (χ2v) is 3.73. The minimum atomic E-state index is -0.432. The van der Waals surface area contributed by atoms with Crippen LogP contribution in [0.5, 0.6) is 0 Å². The van der Waals surface area contributed by atoms with Crippen LogP contribution in [0, 0.1) is 12.3 Å². The minimum absolute atomic E-state index is 0.0176. The standard InChI is InChI=1S/C11H16N2O2/c1-4-6-9(5-2)13-7-10(14)12-8(3)11(13)15/h1,8-9H,5-7H2,2-3H3,(H,12,14). The zero-order valence-electron chi connectivity index (χ0n) is 9.12. The lowest BCUT2D eigenvalue weighted by Crippen LogP contribution is -2.59. The molecule has 0 spiro atoms. The van der Waals surface area contributed by atoms with Crippen molar-refractivity contribution in [3.8, 4) is 12.3 Å². The number of nitrogens with one attached hydrogen (secondary N) is 1. The summed E-state index contributed by atoms with van der Waals surface area (Å²) >= 11 is 0.